The predicted molar refractivity (Wildman–Crippen MR) is 186 cm³/mol. The van der Waals surface area contributed by atoms with Gasteiger partial charge >= 0.3 is 11.9 Å². The molecule has 0 saturated heterocycles. The zero-order valence-corrected chi connectivity index (χ0v) is 28.6. The van der Waals surface area contributed by atoms with Crippen LogP contribution in [0.15, 0.2) is 113 Å². The predicted octanol–water partition coefficient (Wildman–Crippen LogP) is 5.09. The Labute approximate surface area is 288 Å². The van der Waals surface area contributed by atoms with Crippen LogP contribution in [0.4, 0.5) is 11.4 Å². The molecule has 0 spiro atoms. The summed E-state index contributed by atoms with van der Waals surface area (Å²) >= 11 is 0. The summed E-state index contributed by atoms with van der Waals surface area (Å²) in [4.78, 5) is 24.1. The van der Waals surface area contributed by atoms with E-state index >= 15 is 0 Å². The van der Waals surface area contributed by atoms with Gasteiger partial charge in [0.05, 0.1) is 42.5 Å². The van der Waals surface area contributed by atoms with Crippen LogP contribution in [0.2, 0.25) is 0 Å². The Bertz CT molecular complexity index is 2260. The third-order valence-electron chi connectivity index (χ3n) is 7.77. The molecule has 0 aliphatic heterocycles. The molecule has 5 aromatic rings. The maximum Gasteiger partial charge on any atom is 0.324 e. The van der Waals surface area contributed by atoms with Crippen LogP contribution in [-0.2, 0) is 29.6 Å². The van der Waals surface area contributed by atoms with Gasteiger partial charge in [-0.2, -0.15) is 0 Å². The van der Waals surface area contributed by atoms with Crippen molar-refractivity contribution in [3.05, 3.63) is 103 Å². The van der Waals surface area contributed by atoms with Gasteiger partial charge in [-0.25, -0.2) is 16.8 Å². The van der Waals surface area contributed by atoms with E-state index in [9.17, 15) is 36.6 Å². The third-order valence-corrected chi connectivity index (χ3v) is 11.3. The number of carboxylic acids is 2. The number of sulfonamides is 2. The second-order valence-corrected chi connectivity index (χ2v) is 14.5. The van der Waals surface area contributed by atoms with Crippen molar-refractivity contribution in [1.29, 1.82) is 0 Å². The molecule has 260 valence electrons. The molecule has 0 atom stereocenters. The lowest BCUT2D eigenvalue weighted by Gasteiger charge is -2.30. The summed E-state index contributed by atoms with van der Waals surface area (Å²) in [5, 5.41) is 20.3. The molecule has 2 N–H and O–H groups in total. The van der Waals surface area contributed by atoms with E-state index < -0.39 is 45.1 Å². The molecular formula is C35H32N2O11S2. The van der Waals surface area contributed by atoms with Crippen LogP contribution in [0.25, 0.3) is 21.9 Å². The Morgan fingerprint density at radius 1 is 0.580 bits per heavy atom. The van der Waals surface area contributed by atoms with Crippen molar-refractivity contribution in [2.45, 2.75) is 9.79 Å². The first-order valence-corrected chi connectivity index (χ1v) is 17.7. The minimum atomic E-state index is -4.60. The molecule has 15 heteroatoms. The van der Waals surface area contributed by atoms with Gasteiger partial charge in [-0.05, 0) is 72.3 Å². The van der Waals surface area contributed by atoms with Crippen LogP contribution in [0.1, 0.15) is 0 Å². The van der Waals surface area contributed by atoms with Crippen molar-refractivity contribution in [3.8, 4) is 28.4 Å². The molecular weight excluding hydrogens is 689 g/mol. The number of anilines is 2. The first-order chi connectivity index (χ1) is 23.8. The number of carboxylic acid groups (broad SMARTS) is 2. The molecule has 0 fully saturated rings. The first kappa shape index (κ1) is 35.5. The number of carbonyl (C=O) groups is 2. The van der Waals surface area contributed by atoms with Crippen molar-refractivity contribution in [1.82, 2.24) is 0 Å². The van der Waals surface area contributed by atoms with Crippen LogP contribution in [0.5, 0.6) is 17.2 Å². The smallest absolute Gasteiger partial charge is 0.324 e. The first-order valence-electron chi connectivity index (χ1n) is 14.8. The average Bonchev–Trinajstić information content (AvgIpc) is 3.12. The zero-order valence-electron chi connectivity index (χ0n) is 27.0. The van der Waals surface area contributed by atoms with Gasteiger partial charge in [0.2, 0.25) is 0 Å². The van der Waals surface area contributed by atoms with Gasteiger partial charge in [0.1, 0.15) is 30.3 Å². The normalized spacial score (nSPS) is 11.5. The second kappa shape index (κ2) is 14.4. The summed E-state index contributed by atoms with van der Waals surface area (Å²) in [6.07, 6.45) is 0. The molecule has 13 nitrogen and oxygen atoms in total. The molecule has 5 rings (SSSR count). The maximum absolute atomic E-state index is 14.4. The van der Waals surface area contributed by atoms with E-state index in [1.165, 1.54) is 88.1 Å². The number of hydrogen-bond acceptors (Lipinski definition) is 9. The highest BCUT2D eigenvalue weighted by Crippen LogP contribution is 2.46. The summed E-state index contributed by atoms with van der Waals surface area (Å²) in [5.41, 5.74) is 0.278. The molecule has 0 aromatic heterocycles. The van der Waals surface area contributed by atoms with E-state index in [1.54, 1.807) is 36.4 Å². The second-order valence-electron chi connectivity index (χ2n) is 10.7. The van der Waals surface area contributed by atoms with Gasteiger partial charge in [-0.1, -0.05) is 36.4 Å². The summed E-state index contributed by atoms with van der Waals surface area (Å²) in [6.45, 7) is -2.01. The standard InChI is InChI=1S/C35H32N2O11S2/c1-46-24-10-8-23(9-11-24)31-20-32(36(21-33(38)39)49(42,43)27-16-12-25(47-2)13-17-27)29-6-4-5-7-30(29)35(31)37(22-34(40)41)50(44,45)28-18-14-26(48-3)15-19-28/h4-20H,21-22H2,1-3H3,(H,38,39)(H,40,41). The highest BCUT2D eigenvalue weighted by Gasteiger charge is 2.34. The highest BCUT2D eigenvalue weighted by atomic mass is 32.2. The SMILES string of the molecule is COc1ccc(-c2cc(N(CC(=O)O)S(=O)(=O)c3ccc(OC)cc3)c3ccccc3c2N(CC(=O)O)S(=O)(=O)c2ccc(OC)cc2)cc1. The van der Waals surface area contributed by atoms with Crippen molar-refractivity contribution in [3.63, 3.8) is 0 Å². The summed E-state index contributed by atoms with van der Waals surface area (Å²) < 4.78 is 74.2. The van der Waals surface area contributed by atoms with E-state index in [0.29, 0.717) is 22.8 Å². The molecule has 0 saturated carbocycles. The Morgan fingerprint density at radius 2 is 0.980 bits per heavy atom. The highest BCUT2D eigenvalue weighted by molar-refractivity contribution is 7.93. The van der Waals surface area contributed by atoms with Crippen LogP contribution in [-0.4, -0.2) is 73.4 Å². The van der Waals surface area contributed by atoms with Gasteiger partial charge in [0, 0.05) is 16.3 Å². The minimum Gasteiger partial charge on any atom is -0.497 e. The van der Waals surface area contributed by atoms with Gasteiger partial charge in [0.25, 0.3) is 20.0 Å². The molecule has 5 aromatic carbocycles. The van der Waals surface area contributed by atoms with Crippen molar-refractivity contribution in [2.24, 2.45) is 0 Å². The van der Waals surface area contributed by atoms with Crippen LogP contribution in [0.3, 0.4) is 0 Å². The number of benzene rings is 5. The van der Waals surface area contributed by atoms with Crippen molar-refractivity contribution < 1.29 is 50.8 Å². The number of aliphatic carboxylic acids is 2. The van der Waals surface area contributed by atoms with Crippen LogP contribution >= 0.6 is 0 Å². The van der Waals surface area contributed by atoms with E-state index in [-0.39, 0.29) is 37.5 Å². The van der Waals surface area contributed by atoms with Gasteiger partial charge in [-0.3, -0.25) is 18.2 Å². The Hall–Kier alpha value is -5.80. The van der Waals surface area contributed by atoms with Gasteiger partial charge < -0.3 is 24.4 Å². The lowest BCUT2D eigenvalue weighted by molar-refractivity contribution is -0.136. The van der Waals surface area contributed by atoms with Crippen LogP contribution in [0, 0.1) is 0 Å². The maximum atomic E-state index is 14.4. The molecule has 0 bridgehead atoms. The summed E-state index contributed by atoms with van der Waals surface area (Å²) in [7, 11) is -4.89. The van der Waals surface area contributed by atoms with E-state index in [0.717, 1.165) is 8.61 Å². The Kier molecular flexibility index (Phi) is 10.2. The minimum absolute atomic E-state index is 0.0788. The lowest BCUT2D eigenvalue weighted by atomic mass is 9.96. The molecule has 0 amide bonds. The van der Waals surface area contributed by atoms with Gasteiger partial charge in [-0.15, -0.1) is 0 Å². The summed E-state index contributed by atoms with van der Waals surface area (Å²) in [6, 6.07) is 24.7. The topological polar surface area (TPSA) is 177 Å². The third kappa shape index (κ3) is 6.99. The number of rotatable bonds is 14. The van der Waals surface area contributed by atoms with Crippen molar-refractivity contribution in [2.75, 3.05) is 43.0 Å². The quantitative estimate of drug-likeness (QED) is 0.156. The largest absolute Gasteiger partial charge is 0.497 e. The number of hydrogen-bond donors (Lipinski definition) is 2. The fourth-order valence-electron chi connectivity index (χ4n) is 5.39. The number of methoxy groups -OCH3 is 3. The molecule has 0 unspecified atom stereocenters. The van der Waals surface area contributed by atoms with E-state index in [4.69, 9.17) is 14.2 Å². The Morgan fingerprint density at radius 3 is 1.42 bits per heavy atom. The van der Waals surface area contributed by atoms with E-state index in [2.05, 4.69) is 0 Å². The molecule has 0 heterocycles. The monoisotopic (exact) mass is 720 g/mol. The number of nitrogens with zero attached hydrogens (tertiary/aromatic N) is 2. The van der Waals surface area contributed by atoms with E-state index in [1.807, 2.05) is 0 Å². The summed E-state index contributed by atoms with van der Waals surface area (Å²) in [5.74, 6) is -1.72. The van der Waals surface area contributed by atoms with Crippen LogP contribution < -0.4 is 22.8 Å². The number of ether oxygens (including phenoxy) is 3. The number of fused-ring (bicyclic) bond motifs is 1. The average molecular weight is 721 g/mol. The zero-order chi connectivity index (χ0) is 36.2. The lowest BCUT2D eigenvalue weighted by Crippen LogP contribution is -2.37. The fraction of sp³-hybridized carbons (Fsp3) is 0.143. The molecule has 50 heavy (non-hydrogen) atoms. The Balaban J connectivity index is 1.88. The van der Waals surface area contributed by atoms with Gasteiger partial charge in [0.15, 0.2) is 0 Å². The van der Waals surface area contributed by atoms with Crippen molar-refractivity contribution >= 4 is 54.1 Å². The molecule has 0 aliphatic rings. The molecule has 0 radical (unpaired) electrons. The molecule has 0 aliphatic carbocycles. The fourth-order valence-corrected chi connectivity index (χ4v) is 8.26.